The predicted octanol–water partition coefficient (Wildman–Crippen LogP) is 2.91. The van der Waals surface area contributed by atoms with Gasteiger partial charge in [0.15, 0.2) is 0 Å². The molecule has 0 spiro atoms. The molecule has 2 atom stereocenters. The molecule has 0 radical (unpaired) electrons. The molecule has 21 heavy (non-hydrogen) atoms. The summed E-state index contributed by atoms with van der Waals surface area (Å²) in [6, 6.07) is 17.7. The third kappa shape index (κ3) is 3.70. The van der Waals surface area contributed by atoms with Crippen LogP contribution in [-0.4, -0.2) is 12.5 Å². The lowest BCUT2D eigenvalue weighted by atomic mass is 9.97. The Labute approximate surface area is 126 Å². The van der Waals surface area contributed by atoms with Crippen molar-refractivity contribution in [3.63, 3.8) is 0 Å². The molecular weight excluding hydrogens is 260 g/mol. The van der Waals surface area contributed by atoms with E-state index in [1.165, 1.54) is 5.56 Å². The minimum Gasteiger partial charge on any atom is -0.349 e. The number of carbonyl (C=O) groups is 1. The van der Waals surface area contributed by atoms with E-state index in [1.54, 1.807) is 0 Å². The molecule has 3 N–H and O–H groups in total. The molecule has 0 fully saturated rings. The Morgan fingerprint density at radius 3 is 2.33 bits per heavy atom. The average Bonchev–Trinajstić information content (AvgIpc) is 2.49. The summed E-state index contributed by atoms with van der Waals surface area (Å²) in [4.78, 5) is 12.5. The second-order valence-corrected chi connectivity index (χ2v) is 5.29. The van der Waals surface area contributed by atoms with Gasteiger partial charge in [-0.1, -0.05) is 54.6 Å². The highest BCUT2D eigenvalue weighted by Gasteiger charge is 2.21. The minimum absolute atomic E-state index is 0.0283. The molecule has 0 aliphatic heterocycles. The molecule has 0 aliphatic carbocycles. The van der Waals surface area contributed by atoms with Crippen LogP contribution in [0.4, 0.5) is 0 Å². The molecule has 2 aromatic rings. The van der Waals surface area contributed by atoms with Gasteiger partial charge in [-0.25, -0.2) is 0 Å². The van der Waals surface area contributed by atoms with Gasteiger partial charge in [0.2, 0.25) is 5.91 Å². The van der Waals surface area contributed by atoms with E-state index in [4.69, 9.17) is 5.73 Å². The third-order valence-corrected chi connectivity index (χ3v) is 3.77. The molecule has 0 saturated heterocycles. The standard InChI is InChI=1S/C18H22N2O/c1-13-8-6-7-11-16(13)14(2)20-18(21)17(12-19)15-9-4-3-5-10-15/h3-11,14,17H,12,19H2,1-2H3,(H,20,21). The minimum atomic E-state index is -0.308. The van der Waals surface area contributed by atoms with Crippen LogP contribution in [0.5, 0.6) is 0 Å². The van der Waals surface area contributed by atoms with E-state index >= 15 is 0 Å². The molecule has 2 unspecified atom stereocenters. The van der Waals surface area contributed by atoms with Crippen LogP contribution in [0.2, 0.25) is 0 Å². The number of hydrogen-bond donors (Lipinski definition) is 2. The van der Waals surface area contributed by atoms with Crippen molar-refractivity contribution in [2.24, 2.45) is 5.73 Å². The maximum atomic E-state index is 12.5. The highest BCUT2D eigenvalue weighted by Crippen LogP contribution is 2.20. The first-order valence-corrected chi connectivity index (χ1v) is 7.24. The van der Waals surface area contributed by atoms with Crippen LogP contribution < -0.4 is 11.1 Å². The Balaban J connectivity index is 2.11. The van der Waals surface area contributed by atoms with E-state index in [0.29, 0.717) is 6.54 Å². The molecule has 0 heterocycles. The quantitative estimate of drug-likeness (QED) is 0.886. The summed E-state index contributed by atoms with van der Waals surface area (Å²) in [6.07, 6.45) is 0. The van der Waals surface area contributed by atoms with Gasteiger partial charge < -0.3 is 11.1 Å². The Morgan fingerprint density at radius 2 is 1.71 bits per heavy atom. The van der Waals surface area contributed by atoms with Gasteiger partial charge in [-0.3, -0.25) is 4.79 Å². The lowest BCUT2D eigenvalue weighted by molar-refractivity contribution is -0.123. The largest absolute Gasteiger partial charge is 0.349 e. The average molecular weight is 282 g/mol. The van der Waals surface area contributed by atoms with Crippen molar-refractivity contribution in [3.8, 4) is 0 Å². The number of amides is 1. The summed E-state index contributed by atoms with van der Waals surface area (Å²) < 4.78 is 0. The molecule has 3 heteroatoms. The number of aryl methyl sites for hydroxylation is 1. The number of benzene rings is 2. The Hall–Kier alpha value is -2.13. The SMILES string of the molecule is Cc1ccccc1C(C)NC(=O)C(CN)c1ccccc1. The van der Waals surface area contributed by atoms with Gasteiger partial charge in [-0.05, 0) is 30.5 Å². The van der Waals surface area contributed by atoms with Crippen molar-refractivity contribution >= 4 is 5.91 Å². The first-order valence-electron chi connectivity index (χ1n) is 7.24. The maximum Gasteiger partial charge on any atom is 0.229 e. The van der Waals surface area contributed by atoms with Gasteiger partial charge in [-0.15, -0.1) is 0 Å². The maximum absolute atomic E-state index is 12.5. The molecule has 2 rings (SSSR count). The van der Waals surface area contributed by atoms with Crippen LogP contribution in [0.25, 0.3) is 0 Å². The topological polar surface area (TPSA) is 55.1 Å². The highest BCUT2D eigenvalue weighted by atomic mass is 16.1. The fourth-order valence-electron chi connectivity index (χ4n) is 2.54. The second kappa shape index (κ2) is 7.04. The fraction of sp³-hybridized carbons (Fsp3) is 0.278. The van der Waals surface area contributed by atoms with Gasteiger partial charge in [0.05, 0.1) is 12.0 Å². The van der Waals surface area contributed by atoms with Gasteiger partial charge in [0.1, 0.15) is 0 Å². The van der Waals surface area contributed by atoms with Crippen molar-refractivity contribution in [1.82, 2.24) is 5.32 Å². The van der Waals surface area contributed by atoms with E-state index in [0.717, 1.165) is 11.1 Å². The van der Waals surface area contributed by atoms with Crippen molar-refractivity contribution in [3.05, 3.63) is 71.3 Å². The van der Waals surface area contributed by atoms with Crippen molar-refractivity contribution in [2.75, 3.05) is 6.54 Å². The van der Waals surface area contributed by atoms with E-state index in [-0.39, 0.29) is 17.9 Å². The van der Waals surface area contributed by atoms with Crippen molar-refractivity contribution in [1.29, 1.82) is 0 Å². The van der Waals surface area contributed by atoms with Gasteiger partial charge in [0.25, 0.3) is 0 Å². The lowest BCUT2D eigenvalue weighted by Crippen LogP contribution is -2.35. The number of carbonyl (C=O) groups excluding carboxylic acids is 1. The van der Waals surface area contributed by atoms with Crippen molar-refractivity contribution < 1.29 is 4.79 Å². The Morgan fingerprint density at radius 1 is 1.10 bits per heavy atom. The zero-order valence-corrected chi connectivity index (χ0v) is 12.5. The van der Waals surface area contributed by atoms with E-state index in [9.17, 15) is 4.79 Å². The third-order valence-electron chi connectivity index (χ3n) is 3.77. The van der Waals surface area contributed by atoms with Crippen LogP contribution in [0.1, 0.15) is 35.6 Å². The van der Waals surface area contributed by atoms with E-state index < -0.39 is 0 Å². The van der Waals surface area contributed by atoms with E-state index in [1.807, 2.05) is 55.5 Å². The summed E-state index contributed by atoms with van der Waals surface area (Å²) in [5.74, 6) is -0.336. The number of nitrogens with one attached hydrogen (secondary N) is 1. The van der Waals surface area contributed by atoms with Gasteiger partial charge >= 0.3 is 0 Å². The monoisotopic (exact) mass is 282 g/mol. The summed E-state index contributed by atoms with van der Waals surface area (Å²) >= 11 is 0. The smallest absolute Gasteiger partial charge is 0.229 e. The first-order chi connectivity index (χ1) is 10.1. The molecule has 110 valence electrons. The Kier molecular flexibility index (Phi) is 5.12. The highest BCUT2D eigenvalue weighted by molar-refractivity contribution is 5.84. The second-order valence-electron chi connectivity index (χ2n) is 5.29. The number of hydrogen-bond acceptors (Lipinski definition) is 2. The predicted molar refractivity (Wildman–Crippen MR) is 86.0 cm³/mol. The molecule has 0 aromatic heterocycles. The summed E-state index contributed by atoms with van der Waals surface area (Å²) in [5, 5.41) is 3.07. The van der Waals surface area contributed by atoms with Crippen LogP contribution in [0.15, 0.2) is 54.6 Å². The van der Waals surface area contributed by atoms with E-state index in [2.05, 4.69) is 18.3 Å². The zero-order valence-electron chi connectivity index (χ0n) is 12.5. The molecule has 2 aromatic carbocycles. The van der Waals surface area contributed by atoms with Crippen LogP contribution in [0.3, 0.4) is 0 Å². The summed E-state index contributed by atoms with van der Waals surface area (Å²) in [7, 11) is 0. The molecule has 0 bridgehead atoms. The van der Waals surface area contributed by atoms with Crippen LogP contribution >= 0.6 is 0 Å². The Bertz CT molecular complexity index is 595. The summed E-state index contributed by atoms with van der Waals surface area (Å²) in [6.45, 7) is 4.35. The molecule has 3 nitrogen and oxygen atoms in total. The fourth-order valence-corrected chi connectivity index (χ4v) is 2.54. The van der Waals surface area contributed by atoms with Gasteiger partial charge in [-0.2, -0.15) is 0 Å². The molecule has 0 saturated carbocycles. The normalized spacial score (nSPS) is 13.5. The molecule has 1 amide bonds. The van der Waals surface area contributed by atoms with Crippen LogP contribution in [0, 0.1) is 6.92 Å². The molecule has 0 aliphatic rings. The molecular formula is C18H22N2O. The van der Waals surface area contributed by atoms with Crippen LogP contribution in [-0.2, 0) is 4.79 Å². The first kappa shape index (κ1) is 15.3. The number of nitrogens with two attached hydrogens (primary N) is 1. The lowest BCUT2D eigenvalue weighted by Gasteiger charge is -2.21. The number of rotatable bonds is 5. The summed E-state index contributed by atoms with van der Waals surface area (Å²) in [5.41, 5.74) is 9.05. The zero-order chi connectivity index (χ0) is 15.2. The van der Waals surface area contributed by atoms with Crippen molar-refractivity contribution in [2.45, 2.75) is 25.8 Å². The van der Waals surface area contributed by atoms with Gasteiger partial charge in [0, 0.05) is 6.54 Å².